The van der Waals surface area contributed by atoms with Crippen molar-refractivity contribution < 1.29 is 9.66 Å². The predicted octanol–water partition coefficient (Wildman–Crippen LogP) is 1.81. The summed E-state index contributed by atoms with van der Waals surface area (Å²) in [5.41, 5.74) is 7.67. The lowest BCUT2D eigenvalue weighted by atomic mass is 10.0. The molecule has 5 nitrogen and oxygen atoms in total. The van der Waals surface area contributed by atoms with E-state index in [2.05, 4.69) is 0 Å². The Morgan fingerprint density at radius 2 is 2.25 bits per heavy atom. The minimum Gasteiger partial charge on any atom is -0.441 e. The molecule has 0 amide bonds. The van der Waals surface area contributed by atoms with Gasteiger partial charge in [0.15, 0.2) is 5.88 Å². The number of hydrogen-bond acceptors (Lipinski definition) is 4. The molecule has 2 rings (SSSR count). The second kappa shape index (κ2) is 3.69. The molecule has 5 heteroatoms. The van der Waals surface area contributed by atoms with E-state index in [-0.39, 0.29) is 5.88 Å². The van der Waals surface area contributed by atoms with Gasteiger partial charge < -0.3 is 10.5 Å². The van der Waals surface area contributed by atoms with Gasteiger partial charge in [0.2, 0.25) is 6.20 Å². The first-order valence-electron chi connectivity index (χ1n) is 4.67. The molecule has 0 radical (unpaired) electrons. The fourth-order valence-electron chi connectivity index (χ4n) is 1.57. The lowest BCUT2D eigenvalue weighted by Crippen LogP contribution is -2.11. The molecular formula is C11H10N2O3. The van der Waals surface area contributed by atoms with Crippen LogP contribution < -0.4 is 10.5 Å². The van der Waals surface area contributed by atoms with E-state index in [4.69, 9.17) is 10.5 Å². The van der Waals surface area contributed by atoms with Crippen LogP contribution >= 0.6 is 0 Å². The molecule has 0 saturated heterocycles. The molecule has 1 aromatic rings. The zero-order valence-corrected chi connectivity index (χ0v) is 8.64. The molecule has 1 aliphatic rings. The zero-order chi connectivity index (χ0) is 11.7. The Bertz CT molecular complexity index is 518. The quantitative estimate of drug-likeness (QED) is 0.575. The summed E-state index contributed by atoms with van der Waals surface area (Å²) in [6, 6.07) is 5.44. The summed E-state index contributed by atoms with van der Waals surface area (Å²) >= 11 is 0. The zero-order valence-electron chi connectivity index (χ0n) is 8.64. The van der Waals surface area contributed by atoms with Gasteiger partial charge >= 0.3 is 0 Å². The van der Waals surface area contributed by atoms with Crippen LogP contribution in [0.25, 0.3) is 5.57 Å². The Hall–Kier alpha value is -2.30. The number of nitrogens with zero attached hydrogens (tertiary/aromatic N) is 1. The highest BCUT2D eigenvalue weighted by atomic mass is 16.6. The first kappa shape index (κ1) is 10.2. The van der Waals surface area contributed by atoms with Crippen molar-refractivity contribution in [2.75, 3.05) is 0 Å². The molecule has 0 aromatic heterocycles. The minimum atomic E-state index is -0.503. The number of allylic oxidation sites excluding steroid dienone is 2. The first-order valence-corrected chi connectivity index (χ1v) is 4.67. The number of rotatable bonds is 1. The average Bonchev–Trinajstić information content (AvgIpc) is 2.18. The highest BCUT2D eigenvalue weighted by Gasteiger charge is 2.17. The number of hydrogen-bond donors (Lipinski definition) is 1. The van der Waals surface area contributed by atoms with Crippen molar-refractivity contribution >= 4 is 5.57 Å². The van der Waals surface area contributed by atoms with Crippen LogP contribution in [0.3, 0.4) is 0 Å². The van der Waals surface area contributed by atoms with Crippen LogP contribution in [0.5, 0.6) is 5.75 Å². The topological polar surface area (TPSA) is 78.4 Å². The van der Waals surface area contributed by atoms with Crippen LogP contribution in [0.4, 0.5) is 0 Å². The van der Waals surface area contributed by atoms with Gasteiger partial charge in [-0.2, -0.15) is 0 Å². The Balaban J connectivity index is 2.58. The normalized spacial score (nSPS) is 16.3. The fraction of sp³-hybridized carbons (Fsp3) is 0.0909. The second-order valence-corrected chi connectivity index (χ2v) is 3.52. The molecule has 1 aliphatic heterocycles. The fourth-order valence-corrected chi connectivity index (χ4v) is 1.57. The number of ether oxygens (including phenoxy) is 1. The second-order valence-electron chi connectivity index (χ2n) is 3.52. The van der Waals surface area contributed by atoms with Gasteiger partial charge in [0.25, 0.3) is 0 Å². The molecular weight excluding hydrogens is 208 g/mol. The smallest absolute Gasteiger partial charge is 0.242 e. The first-order chi connectivity index (χ1) is 7.56. The predicted molar refractivity (Wildman–Crippen MR) is 59.0 cm³/mol. The van der Waals surface area contributed by atoms with Gasteiger partial charge in [-0.05, 0) is 19.1 Å². The minimum absolute atomic E-state index is 0.157. The average molecular weight is 218 g/mol. The van der Waals surface area contributed by atoms with E-state index in [0.717, 1.165) is 11.8 Å². The van der Waals surface area contributed by atoms with Gasteiger partial charge in [-0.25, -0.2) is 0 Å². The maximum atomic E-state index is 10.5. The van der Waals surface area contributed by atoms with Crippen LogP contribution in [0.15, 0.2) is 36.4 Å². The Labute approximate surface area is 92.0 Å². The van der Waals surface area contributed by atoms with E-state index in [1.165, 1.54) is 6.08 Å². The molecule has 1 aromatic carbocycles. The third kappa shape index (κ3) is 1.88. The third-order valence-electron chi connectivity index (χ3n) is 2.22. The van der Waals surface area contributed by atoms with Crippen molar-refractivity contribution in [3.63, 3.8) is 0 Å². The molecule has 0 aliphatic carbocycles. The standard InChI is InChI=1S/C11H10N2O3/c1-7-2-3-10-9(4-7)8(6-13(14)15)5-11(12)16-10/h2-6H,12H2,1H3/b8-6+. The van der Waals surface area contributed by atoms with E-state index >= 15 is 0 Å². The number of nitro groups is 1. The van der Waals surface area contributed by atoms with E-state index in [9.17, 15) is 10.1 Å². The number of nitrogens with two attached hydrogens (primary N) is 1. The highest BCUT2D eigenvalue weighted by Crippen LogP contribution is 2.32. The third-order valence-corrected chi connectivity index (χ3v) is 2.22. The molecule has 0 bridgehead atoms. The monoisotopic (exact) mass is 218 g/mol. The molecule has 0 atom stereocenters. The molecule has 16 heavy (non-hydrogen) atoms. The van der Waals surface area contributed by atoms with Gasteiger partial charge in [0.1, 0.15) is 5.75 Å². The van der Waals surface area contributed by atoms with E-state index < -0.39 is 4.92 Å². The highest BCUT2D eigenvalue weighted by molar-refractivity contribution is 5.79. The van der Waals surface area contributed by atoms with E-state index in [0.29, 0.717) is 16.9 Å². The van der Waals surface area contributed by atoms with Crippen LogP contribution in [-0.4, -0.2) is 4.92 Å². The molecule has 0 saturated carbocycles. The maximum Gasteiger partial charge on any atom is 0.242 e. The van der Waals surface area contributed by atoms with Crippen molar-refractivity contribution in [2.24, 2.45) is 5.73 Å². The van der Waals surface area contributed by atoms with Crippen LogP contribution in [0.2, 0.25) is 0 Å². The van der Waals surface area contributed by atoms with Crippen LogP contribution in [0, 0.1) is 17.0 Å². The van der Waals surface area contributed by atoms with Gasteiger partial charge in [-0.3, -0.25) is 10.1 Å². The Kier molecular flexibility index (Phi) is 2.36. The molecule has 0 fully saturated rings. The Morgan fingerprint density at radius 3 is 2.94 bits per heavy atom. The maximum absolute atomic E-state index is 10.5. The summed E-state index contributed by atoms with van der Waals surface area (Å²) in [4.78, 5) is 9.98. The summed E-state index contributed by atoms with van der Waals surface area (Å²) in [7, 11) is 0. The van der Waals surface area contributed by atoms with Crippen molar-refractivity contribution in [3.8, 4) is 5.75 Å². The van der Waals surface area contributed by atoms with Gasteiger partial charge in [-0.1, -0.05) is 11.6 Å². The van der Waals surface area contributed by atoms with Crippen molar-refractivity contribution in [1.82, 2.24) is 0 Å². The SMILES string of the molecule is Cc1ccc2c(c1)/C(=C/[N+](=O)[O-])C=C(N)O2. The van der Waals surface area contributed by atoms with Crippen molar-refractivity contribution in [3.05, 3.63) is 57.6 Å². The summed E-state index contributed by atoms with van der Waals surface area (Å²) in [6.07, 6.45) is 2.37. The number of aryl methyl sites for hydroxylation is 1. The summed E-state index contributed by atoms with van der Waals surface area (Å²) < 4.78 is 5.27. The number of benzene rings is 1. The summed E-state index contributed by atoms with van der Waals surface area (Å²) in [5, 5.41) is 10.5. The molecule has 82 valence electrons. The summed E-state index contributed by atoms with van der Waals surface area (Å²) in [6.45, 7) is 1.91. The van der Waals surface area contributed by atoms with Crippen LogP contribution in [-0.2, 0) is 0 Å². The molecule has 2 N–H and O–H groups in total. The van der Waals surface area contributed by atoms with Crippen LogP contribution in [0.1, 0.15) is 11.1 Å². The van der Waals surface area contributed by atoms with Crippen molar-refractivity contribution in [2.45, 2.75) is 6.92 Å². The molecule has 0 spiro atoms. The molecule has 0 unspecified atom stereocenters. The van der Waals surface area contributed by atoms with Crippen molar-refractivity contribution in [1.29, 1.82) is 0 Å². The van der Waals surface area contributed by atoms with Gasteiger partial charge in [0, 0.05) is 11.6 Å². The molecule has 1 heterocycles. The van der Waals surface area contributed by atoms with E-state index in [1.54, 1.807) is 6.07 Å². The lowest BCUT2D eigenvalue weighted by Gasteiger charge is -2.16. The number of fused-ring (bicyclic) bond motifs is 1. The van der Waals surface area contributed by atoms with Gasteiger partial charge in [0.05, 0.1) is 10.5 Å². The Morgan fingerprint density at radius 1 is 1.50 bits per heavy atom. The summed E-state index contributed by atoms with van der Waals surface area (Å²) in [5.74, 6) is 0.697. The van der Waals surface area contributed by atoms with E-state index in [1.807, 2.05) is 19.1 Å². The van der Waals surface area contributed by atoms with Gasteiger partial charge in [-0.15, -0.1) is 0 Å². The lowest BCUT2D eigenvalue weighted by molar-refractivity contribution is -0.401. The largest absolute Gasteiger partial charge is 0.441 e.